The van der Waals surface area contributed by atoms with Crippen LogP contribution in [0.25, 0.3) is 0 Å². The minimum Gasteiger partial charge on any atom is -0.459 e. The van der Waals surface area contributed by atoms with Crippen LogP contribution in [0.4, 0.5) is 0 Å². The van der Waals surface area contributed by atoms with E-state index in [1.165, 1.54) is 13.8 Å². The van der Waals surface area contributed by atoms with Crippen LogP contribution in [-0.4, -0.2) is 47.9 Å². The molecule has 33 heavy (non-hydrogen) atoms. The van der Waals surface area contributed by atoms with Gasteiger partial charge in [-0.15, -0.1) is 0 Å². The molecule has 7 atom stereocenters. The second-order valence-corrected chi connectivity index (χ2v) is 9.85. The normalized spacial score (nSPS) is 39.1. The molecule has 9 heteroatoms. The summed E-state index contributed by atoms with van der Waals surface area (Å²) in [6, 6.07) is 1.89. The fraction of sp³-hybridized carbons (Fsp3) is 0.625. The molecule has 0 N–H and O–H groups in total. The summed E-state index contributed by atoms with van der Waals surface area (Å²) in [6.07, 6.45) is -0.169. The monoisotopic (exact) mass is 460 g/mol. The van der Waals surface area contributed by atoms with Crippen LogP contribution >= 0.6 is 0 Å². The molecule has 9 nitrogen and oxygen atoms in total. The lowest BCUT2D eigenvalue weighted by Crippen LogP contribution is -2.36. The van der Waals surface area contributed by atoms with Gasteiger partial charge >= 0.3 is 17.9 Å². The largest absolute Gasteiger partial charge is 0.459 e. The number of hydrogen-bond donors (Lipinski definition) is 0. The van der Waals surface area contributed by atoms with Crippen LogP contribution in [-0.2, 0) is 38.1 Å². The highest BCUT2D eigenvalue weighted by molar-refractivity contribution is 5.92. The van der Waals surface area contributed by atoms with Gasteiger partial charge in [0.15, 0.2) is 6.10 Å². The van der Waals surface area contributed by atoms with Gasteiger partial charge in [-0.3, -0.25) is 9.59 Å². The van der Waals surface area contributed by atoms with Crippen LogP contribution < -0.4 is 0 Å². The van der Waals surface area contributed by atoms with Gasteiger partial charge in [-0.25, -0.2) is 4.79 Å². The average molecular weight is 460 g/mol. The van der Waals surface area contributed by atoms with Crippen LogP contribution in [0.5, 0.6) is 0 Å². The molecule has 5 rings (SSSR count). The first-order valence-electron chi connectivity index (χ1n) is 11.2. The Bertz CT molecular complexity index is 1050. The summed E-state index contributed by atoms with van der Waals surface area (Å²) in [5.74, 6) is -0.854. The van der Waals surface area contributed by atoms with E-state index in [0.717, 1.165) is 5.56 Å². The second kappa shape index (κ2) is 7.43. The molecule has 2 fully saturated rings. The van der Waals surface area contributed by atoms with E-state index in [1.54, 1.807) is 6.08 Å². The molecule has 4 aliphatic heterocycles. The number of aryl methyl sites for hydroxylation is 1. The van der Waals surface area contributed by atoms with Gasteiger partial charge in [-0.05, 0) is 44.9 Å². The number of esters is 3. The Morgan fingerprint density at radius 3 is 2.45 bits per heavy atom. The number of fused-ring (bicyclic) bond motifs is 5. The standard InChI is InChI=1S/C24H28O9/c1-11-6-18-21-23(4,33-21)9-14-7-15(22(27)31-14)17(29-12(2)25)8-16(24(5)10-28-24)20(19(11)32-18)30-13(3)26/h6-7,14,16-17,20-21H,8-10H2,1-5H3/t14-,16+,17-,20+,21-,23+,24?/m0/s1. The molecule has 4 bridgehead atoms. The van der Waals surface area contributed by atoms with Crippen LogP contribution in [0.15, 0.2) is 22.1 Å². The van der Waals surface area contributed by atoms with E-state index in [-0.39, 0.29) is 18.1 Å². The number of rotatable bonds is 3. The molecule has 0 saturated carbocycles. The number of ether oxygens (including phenoxy) is 5. The molecule has 0 spiro atoms. The summed E-state index contributed by atoms with van der Waals surface area (Å²) in [5, 5.41) is 0. The average Bonchev–Trinajstić information content (AvgIpc) is 3.50. The SMILES string of the molecule is CC(=O)O[C@H]1C[C@@H](C2(C)CO2)[C@@H](OC(C)=O)c2oc(cc2C)[C@@H]2O[C@]2(C)C[C@@H]2C=C1C(=O)O2. The first-order valence-corrected chi connectivity index (χ1v) is 11.2. The maximum Gasteiger partial charge on any atom is 0.338 e. The molecule has 5 heterocycles. The van der Waals surface area contributed by atoms with E-state index in [1.807, 2.05) is 26.8 Å². The Morgan fingerprint density at radius 2 is 1.82 bits per heavy atom. The third-order valence-corrected chi connectivity index (χ3v) is 7.01. The second-order valence-electron chi connectivity index (χ2n) is 9.85. The molecule has 2 saturated heterocycles. The Morgan fingerprint density at radius 1 is 1.12 bits per heavy atom. The van der Waals surface area contributed by atoms with Gasteiger partial charge in [-0.1, -0.05) is 0 Å². The van der Waals surface area contributed by atoms with Gasteiger partial charge in [0.2, 0.25) is 0 Å². The Balaban J connectivity index is 1.63. The topological polar surface area (TPSA) is 117 Å². The van der Waals surface area contributed by atoms with E-state index in [0.29, 0.717) is 24.5 Å². The summed E-state index contributed by atoms with van der Waals surface area (Å²) in [5.41, 5.74) is -0.128. The van der Waals surface area contributed by atoms with Crippen molar-refractivity contribution in [3.8, 4) is 0 Å². The molecule has 0 aliphatic carbocycles. The Labute approximate surface area is 191 Å². The number of carbonyl (C=O) groups excluding carboxylic acids is 3. The smallest absolute Gasteiger partial charge is 0.338 e. The summed E-state index contributed by atoms with van der Waals surface area (Å²) in [6.45, 7) is 8.79. The lowest BCUT2D eigenvalue weighted by molar-refractivity contribution is -0.157. The molecule has 0 amide bonds. The van der Waals surface area contributed by atoms with Crippen LogP contribution in [0.1, 0.15) is 69.8 Å². The molecular weight excluding hydrogens is 432 g/mol. The van der Waals surface area contributed by atoms with Gasteiger partial charge in [0.05, 0.1) is 17.8 Å². The highest BCUT2D eigenvalue weighted by Crippen LogP contribution is 2.55. The zero-order valence-corrected chi connectivity index (χ0v) is 19.3. The van der Waals surface area contributed by atoms with Crippen molar-refractivity contribution in [3.63, 3.8) is 0 Å². The lowest BCUT2D eigenvalue weighted by Gasteiger charge is -2.31. The number of carbonyl (C=O) groups is 3. The van der Waals surface area contributed by atoms with Crippen molar-refractivity contribution in [1.29, 1.82) is 0 Å². The maximum absolute atomic E-state index is 12.8. The summed E-state index contributed by atoms with van der Waals surface area (Å²) in [7, 11) is 0. The quantitative estimate of drug-likeness (QED) is 0.381. The summed E-state index contributed by atoms with van der Waals surface area (Å²) >= 11 is 0. The van der Waals surface area contributed by atoms with Gasteiger partial charge in [0.25, 0.3) is 0 Å². The van der Waals surface area contributed by atoms with E-state index in [9.17, 15) is 14.4 Å². The highest BCUT2D eigenvalue weighted by Gasteiger charge is 2.59. The molecule has 0 aromatic carbocycles. The van der Waals surface area contributed by atoms with Gasteiger partial charge < -0.3 is 28.1 Å². The zero-order valence-electron chi connectivity index (χ0n) is 19.3. The molecule has 178 valence electrons. The van der Waals surface area contributed by atoms with Crippen molar-refractivity contribution in [2.45, 2.75) is 83.1 Å². The zero-order chi connectivity index (χ0) is 23.7. The highest BCUT2D eigenvalue weighted by atomic mass is 16.6. The van der Waals surface area contributed by atoms with Crippen molar-refractivity contribution < 1.29 is 42.5 Å². The van der Waals surface area contributed by atoms with E-state index in [4.69, 9.17) is 28.1 Å². The minimum atomic E-state index is -0.886. The summed E-state index contributed by atoms with van der Waals surface area (Å²) in [4.78, 5) is 36.9. The minimum absolute atomic E-state index is 0.189. The van der Waals surface area contributed by atoms with Crippen molar-refractivity contribution in [3.05, 3.63) is 34.8 Å². The number of furan rings is 1. The van der Waals surface area contributed by atoms with Crippen LogP contribution in [0.3, 0.4) is 0 Å². The third-order valence-electron chi connectivity index (χ3n) is 7.01. The molecule has 4 aliphatic rings. The predicted molar refractivity (Wildman–Crippen MR) is 111 cm³/mol. The van der Waals surface area contributed by atoms with E-state index >= 15 is 0 Å². The fourth-order valence-corrected chi connectivity index (χ4v) is 5.12. The molecule has 1 aromatic heterocycles. The first kappa shape index (κ1) is 22.2. The Kier molecular flexibility index (Phi) is 4.99. The van der Waals surface area contributed by atoms with Gasteiger partial charge in [0.1, 0.15) is 35.4 Å². The first-order chi connectivity index (χ1) is 15.5. The van der Waals surface area contributed by atoms with Gasteiger partial charge in [0, 0.05) is 26.2 Å². The van der Waals surface area contributed by atoms with Gasteiger partial charge in [-0.2, -0.15) is 0 Å². The van der Waals surface area contributed by atoms with Crippen molar-refractivity contribution in [2.24, 2.45) is 5.92 Å². The van der Waals surface area contributed by atoms with Crippen LogP contribution in [0, 0.1) is 12.8 Å². The van der Waals surface area contributed by atoms with Crippen molar-refractivity contribution in [1.82, 2.24) is 0 Å². The maximum atomic E-state index is 12.8. The fourth-order valence-electron chi connectivity index (χ4n) is 5.12. The molecule has 1 aromatic rings. The van der Waals surface area contributed by atoms with Crippen molar-refractivity contribution >= 4 is 17.9 Å². The Hall–Kier alpha value is -2.65. The molecular formula is C24H28O9. The number of hydrogen-bond acceptors (Lipinski definition) is 9. The molecule has 0 radical (unpaired) electrons. The third kappa shape index (κ3) is 3.97. The molecule has 1 unspecified atom stereocenters. The lowest BCUT2D eigenvalue weighted by atomic mass is 9.81. The van der Waals surface area contributed by atoms with E-state index in [2.05, 4.69) is 0 Å². The van der Waals surface area contributed by atoms with Crippen molar-refractivity contribution in [2.75, 3.05) is 6.61 Å². The summed E-state index contributed by atoms with van der Waals surface area (Å²) < 4.78 is 34.9. The van der Waals surface area contributed by atoms with Crippen LogP contribution in [0.2, 0.25) is 0 Å². The number of epoxide rings is 2. The van der Waals surface area contributed by atoms with E-state index < -0.39 is 53.3 Å². The predicted octanol–water partition coefficient (Wildman–Crippen LogP) is 3.00.